The van der Waals surface area contributed by atoms with Gasteiger partial charge in [-0.15, -0.1) is 5.10 Å². The Hall–Kier alpha value is -2.56. The van der Waals surface area contributed by atoms with Gasteiger partial charge in [0.1, 0.15) is 17.0 Å². The molecule has 0 bridgehead atoms. The molecule has 0 atom stereocenters. The van der Waals surface area contributed by atoms with E-state index in [4.69, 9.17) is 9.47 Å². The van der Waals surface area contributed by atoms with Crippen molar-refractivity contribution < 1.29 is 9.47 Å². The molecular weight excluding hydrogens is 242 g/mol. The Morgan fingerprint density at radius 3 is 2.53 bits per heavy atom. The van der Waals surface area contributed by atoms with Gasteiger partial charge in [-0.25, -0.2) is 4.68 Å². The predicted molar refractivity (Wildman–Crippen MR) is 71.2 cm³/mol. The highest BCUT2D eigenvalue weighted by atomic mass is 16.5. The van der Waals surface area contributed by atoms with E-state index in [2.05, 4.69) is 10.3 Å². The molecule has 0 aliphatic heterocycles. The van der Waals surface area contributed by atoms with Crippen molar-refractivity contribution in [1.29, 1.82) is 0 Å². The first-order valence-corrected chi connectivity index (χ1v) is 5.92. The second kappa shape index (κ2) is 4.97. The average molecular weight is 255 g/mol. The number of aromatic nitrogens is 3. The van der Waals surface area contributed by atoms with Gasteiger partial charge < -0.3 is 9.47 Å². The molecule has 1 aromatic heterocycles. The van der Waals surface area contributed by atoms with Gasteiger partial charge in [-0.2, -0.15) is 0 Å². The van der Waals surface area contributed by atoms with E-state index in [0.29, 0.717) is 6.73 Å². The van der Waals surface area contributed by atoms with Crippen molar-refractivity contribution in [2.45, 2.75) is 6.73 Å². The lowest BCUT2D eigenvalue weighted by molar-refractivity contribution is 0.223. The Bertz CT molecular complexity index is 676. The summed E-state index contributed by atoms with van der Waals surface area (Å²) in [5.74, 6) is 1.57. The molecule has 0 radical (unpaired) electrons. The summed E-state index contributed by atoms with van der Waals surface area (Å²) in [5, 5.41) is 8.13. The lowest BCUT2D eigenvalue weighted by Crippen LogP contribution is -2.06. The number of methoxy groups -OCH3 is 1. The Balaban J connectivity index is 1.74. The monoisotopic (exact) mass is 255 g/mol. The minimum atomic E-state index is 0.326. The van der Waals surface area contributed by atoms with Crippen LogP contribution >= 0.6 is 0 Å². The number of hydrogen-bond donors (Lipinski definition) is 0. The van der Waals surface area contributed by atoms with Gasteiger partial charge in [0, 0.05) is 0 Å². The minimum absolute atomic E-state index is 0.326. The largest absolute Gasteiger partial charge is 0.497 e. The molecule has 0 amide bonds. The zero-order valence-electron chi connectivity index (χ0n) is 10.5. The van der Waals surface area contributed by atoms with Gasteiger partial charge in [-0.3, -0.25) is 0 Å². The Kier molecular flexibility index (Phi) is 3.02. The zero-order chi connectivity index (χ0) is 13.1. The number of nitrogens with zero attached hydrogens (tertiary/aromatic N) is 3. The van der Waals surface area contributed by atoms with Crippen LogP contribution in [-0.4, -0.2) is 22.1 Å². The molecule has 0 spiro atoms. The highest BCUT2D eigenvalue weighted by Crippen LogP contribution is 2.18. The van der Waals surface area contributed by atoms with Crippen LogP contribution < -0.4 is 9.47 Å². The number of fused-ring (bicyclic) bond motifs is 1. The molecule has 5 nitrogen and oxygen atoms in total. The van der Waals surface area contributed by atoms with Gasteiger partial charge in [0.05, 0.1) is 12.6 Å². The fourth-order valence-corrected chi connectivity index (χ4v) is 1.82. The van der Waals surface area contributed by atoms with Crippen LogP contribution in [0.2, 0.25) is 0 Å². The third kappa shape index (κ3) is 2.35. The fraction of sp³-hybridized carbons (Fsp3) is 0.143. The molecular formula is C14H13N3O2. The summed E-state index contributed by atoms with van der Waals surface area (Å²) in [6.45, 7) is 0.326. The molecule has 5 heteroatoms. The highest BCUT2D eigenvalue weighted by Gasteiger charge is 2.03. The Labute approximate surface area is 110 Å². The van der Waals surface area contributed by atoms with Crippen LogP contribution in [0.4, 0.5) is 0 Å². The van der Waals surface area contributed by atoms with Gasteiger partial charge in [0.2, 0.25) is 0 Å². The number of benzene rings is 2. The summed E-state index contributed by atoms with van der Waals surface area (Å²) in [5.41, 5.74) is 1.82. The molecule has 0 unspecified atom stereocenters. The van der Waals surface area contributed by atoms with E-state index >= 15 is 0 Å². The summed E-state index contributed by atoms with van der Waals surface area (Å²) < 4.78 is 12.5. The van der Waals surface area contributed by atoms with E-state index in [1.807, 2.05) is 48.5 Å². The summed E-state index contributed by atoms with van der Waals surface area (Å²) in [4.78, 5) is 0. The van der Waals surface area contributed by atoms with Gasteiger partial charge in [0.25, 0.3) is 0 Å². The van der Waals surface area contributed by atoms with Crippen LogP contribution in [0.5, 0.6) is 11.5 Å². The maximum absolute atomic E-state index is 5.66. The van der Waals surface area contributed by atoms with Crippen LogP contribution in [0.25, 0.3) is 11.0 Å². The van der Waals surface area contributed by atoms with Crippen molar-refractivity contribution in [3.05, 3.63) is 48.5 Å². The van der Waals surface area contributed by atoms with Crippen molar-refractivity contribution >= 4 is 11.0 Å². The second-order valence-electron chi connectivity index (χ2n) is 4.03. The van der Waals surface area contributed by atoms with Crippen molar-refractivity contribution in [1.82, 2.24) is 15.0 Å². The first kappa shape index (κ1) is 11.5. The maximum Gasteiger partial charge on any atom is 0.183 e. The maximum atomic E-state index is 5.66. The third-order valence-electron chi connectivity index (χ3n) is 2.83. The minimum Gasteiger partial charge on any atom is -0.497 e. The van der Waals surface area contributed by atoms with E-state index in [0.717, 1.165) is 22.5 Å². The van der Waals surface area contributed by atoms with E-state index in [1.165, 1.54) is 0 Å². The SMILES string of the molecule is COc1ccc(OCn2nnc3ccccc32)cc1. The van der Waals surface area contributed by atoms with Crippen LogP contribution in [0, 0.1) is 0 Å². The van der Waals surface area contributed by atoms with Crippen LogP contribution in [0.1, 0.15) is 0 Å². The second-order valence-corrected chi connectivity index (χ2v) is 4.03. The normalized spacial score (nSPS) is 10.6. The molecule has 0 saturated heterocycles. The molecule has 96 valence electrons. The number of rotatable bonds is 4. The van der Waals surface area contributed by atoms with Crippen molar-refractivity contribution in [2.24, 2.45) is 0 Å². The molecule has 0 aliphatic rings. The summed E-state index contributed by atoms with van der Waals surface area (Å²) >= 11 is 0. The van der Waals surface area contributed by atoms with Crippen LogP contribution in [0.15, 0.2) is 48.5 Å². The number of para-hydroxylation sites is 1. The molecule has 0 N–H and O–H groups in total. The topological polar surface area (TPSA) is 49.2 Å². The van der Waals surface area contributed by atoms with E-state index < -0.39 is 0 Å². The first-order chi connectivity index (χ1) is 9.36. The molecule has 0 fully saturated rings. The quantitative estimate of drug-likeness (QED) is 0.718. The average Bonchev–Trinajstić information content (AvgIpc) is 2.89. The van der Waals surface area contributed by atoms with Crippen molar-refractivity contribution in [3.8, 4) is 11.5 Å². The third-order valence-corrected chi connectivity index (χ3v) is 2.83. The molecule has 3 rings (SSSR count). The molecule has 0 aliphatic carbocycles. The summed E-state index contributed by atoms with van der Waals surface area (Å²) in [6.07, 6.45) is 0. The van der Waals surface area contributed by atoms with Gasteiger partial charge in [0.15, 0.2) is 6.73 Å². The molecule has 3 aromatic rings. The van der Waals surface area contributed by atoms with E-state index in [-0.39, 0.29) is 0 Å². The summed E-state index contributed by atoms with van der Waals surface area (Å²) in [6, 6.07) is 15.2. The van der Waals surface area contributed by atoms with Crippen LogP contribution in [-0.2, 0) is 6.73 Å². The highest BCUT2D eigenvalue weighted by molar-refractivity contribution is 5.73. The standard InChI is InChI=1S/C14H13N3O2/c1-18-11-6-8-12(9-7-11)19-10-17-14-5-3-2-4-13(14)15-16-17/h2-9H,10H2,1H3. The number of ether oxygens (including phenoxy) is 2. The Morgan fingerprint density at radius 2 is 1.74 bits per heavy atom. The van der Waals surface area contributed by atoms with E-state index in [9.17, 15) is 0 Å². The smallest absolute Gasteiger partial charge is 0.183 e. The van der Waals surface area contributed by atoms with Gasteiger partial charge in [-0.1, -0.05) is 17.3 Å². The fourth-order valence-electron chi connectivity index (χ4n) is 1.82. The Morgan fingerprint density at radius 1 is 1.00 bits per heavy atom. The molecule has 1 heterocycles. The van der Waals surface area contributed by atoms with Crippen molar-refractivity contribution in [3.63, 3.8) is 0 Å². The predicted octanol–water partition coefficient (Wildman–Crippen LogP) is 2.48. The first-order valence-electron chi connectivity index (χ1n) is 5.92. The van der Waals surface area contributed by atoms with Crippen LogP contribution in [0.3, 0.4) is 0 Å². The van der Waals surface area contributed by atoms with Gasteiger partial charge >= 0.3 is 0 Å². The lowest BCUT2D eigenvalue weighted by Gasteiger charge is -2.07. The van der Waals surface area contributed by atoms with Gasteiger partial charge in [-0.05, 0) is 36.4 Å². The lowest BCUT2D eigenvalue weighted by atomic mass is 10.3. The summed E-state index contributed by atoms with van der Waals surface area (Å²) in [7, 11) is 1.64. The molecule has 19 heavy (non-hydrogen) atoms. The zero-order valence-corrected chi connectivity index (χ0v) is 10.5. The molecule has 2 aromatic carbocycles. The molecule has 0 saturated carbocycles. The number of hydrogen-bond acceptors (Lipinski definition) is 4. The van der Waals surface area contributed by atoms with Crippen molar-refractivity contribution in [2.75, 3.05) is 7.11 Å². The van der Waals surface area contributed by atoms with E-state index in [1.54, 1.807) is 11.8 Å².